The molecule has 1 aromatic carbocycles. The van der Waals surface area contributed by atoms with Crippen molar-refractivity contribution in [3.63, 3.8) is 0 Å². The Hall–Kier alpha value is -0.770. The smallest absolute Gasteiger partial charge is 0.121 e. The highest BCUT2D eigenvalue weighted by molar-refractivity contribution is 6.31. The fourth-order valence-corrected chi connectivity index (χ4v) is 2.42. The highest BCUT2D eigenvalue weighted by atomic mass is 35.5. The molecule has 1 unspecified atom stereocenters. The summed E-state index contributed by atoms with van der Waals surface area (Å²) in [6.45, 7) is 6.04. The van der Waals surface area contributed by atoms with Crippen molar-refractivity contribution < 1.29 is 5.11 Å². The van der Waals surface area contributed by atoms with E-state index in [1.54, 1.807) is 12.1 Å². The third-order valence-electron chi connectivity index (χ3n) is 3.52. The standard InChI is InChI=1S/C13H19ClN2O/c1-10-8-16(7-6-15(10)2)9-11-12(14)4-3-5-13(11)17/h3-5,10,17H,6-9H2,1-2H3. The lowest BCUT2D eigenvalue weighted by Gasteiger charge is -2.37. The number of likely N-dealkylation sites (N-methyl/N-ethyl adjacent to an activating group) is 1. The minimum absolute atomic E-state index is 0.295. The SMILES string of the molecule is CC1CN(Cc2c(O)cccc2Cl)CCN1C. The van der Waals surface area contributed by atoms with Crippen molar-refractivity contribution in [3.05, 3.63) is 28.8 Å². The molecule has 3 nitrogen and oxygen atoms in total. The van der Waals surface area contributed by atoms with Gasteiger partial charge in [0.05, 0.1) is 0 Å². The van der Waals surface area contributed by atoms with Crippen LogP contribution in [-0.4, -0.2) is 47.6 Å². The zero-order chi connectivity index (χ0) is 12.4. The minimum Gasteiger partial charge on any atom is -0.508 e. The van der Waals surface area contributed by atoms with Gasteiger partial charge in [-0.1, -0.05) is 17.7 Å². The number of halogens is 1. The van der Waals surface area contributed by atoms with Crippen molar-refractivity contribution >= 4 is 11.6 Å². The van der Waals surface area contributed by atoms with Crippen molar-refractivity contribution in [2.45, 2.75) is 19.5 Å². The van der Waals surface area contributed by atoms with Crippen LogP contribution in [0.15, 0.2) is 18.2 Å². The van der Waals surface area contributed by atoms with E-state index < -0.39 is 0 Å². The van der Waals surface area contributed by atoms with Crippen molar-refractivity contribution in [1.82, 2.24) is 9.80 Å². The molecule has 1 N–H and O–H groups in total. The molecular weight excluding hydrogens is 236 g/mol. The zero-order valence-corrected chi connectivity index (χ0v) is 11.1. The molecule has 0 spiro atoms. The number of piperazine rings is 1. The number of hydrogen-bond acceptors (Lipinski definition) is 3. The Kier molecular flexibility index (Phi) is 3.92. The molecule has 0 saturated carbocycles. The van der Waals surface area contributed by atoms with Gasteiger partial charge < -0.3 is 10.0 Å². The maximum Gasteiger partial charge on any atom is 0.121 e. The molecule has 0 bridgehead atoms. The van der Waals surface area contributed by atoms with E-state index in [-0.39, 0.29) is 0 Å². The second-order valence-corrected chi connectivity index (χ2v) is 5.21. The quantitative estimate of drug-likeness (QED) is 0.877. The van der Waals surface area contributed by atoms with Crippen molar-refractivity contribution in [1.29, 1.82) is 0 Å². The van der Waals surface area contributed by atoms with Gasteiger partial charge >= 0.3 is 0 Å². The van der Waals surface area contributed by atoms with Crippen LogP contribution in [-0.2, 0) is 6.54 Å². The number of phenolic OH excluding ortho intramolecular Hbond substituents is 1. The predicted octanol–water partition coefficient (Wildman–Crippen LogP) is 2.18. The van der Waals surface area contributed by atoms with Gasteiger partial charge in [-0.05, 0) is 26.1 Å². The van der Waals surface area contributed by atoms with E-state index in [0.29, 0.717) is 16.8 Å². The summed E-state index contributed by atoms with van der Waals surface area (Å²) in [7, 11) is 2.15. The Morgan fingerprint density at radius 2 is 2.18 bits per heavy atom. The summed E-state index contributed by atoms with van der Waals surface area (Å²) >= 11 is 6.12. The molecule has 1 aliphatic heterocycles. The molecule has 0 aromatic heterocycles. The van der Waals surface area contributed by atoms with Crippen LogP contribution in [0.4, 0.5) is 0 Å². The molecule has 1 fully saturated rings. The molecule has 2 rings (SSSR count). The summed E-state index contributed by atoms with van der Waals surface area (Å²) in [5, 5.41) is 10.5. The molecule has 0 amide bonds. The number of rotatable bonds is 2. The molecule has 1 aromatic rings. The summed E-state index contributed by atoms with van der Waals surface area (Å²) in [6.07, 6.45) is 0. The molecular formula is C13H19ClN2O. The molecule has 1 aliphatic rings. The highest BCUT2D eigenvalue weighted by Gasteiger charge is 2.21. The normalized spacial score (nSPS) is 22.9. The number of aromatic hydroxyl groups is 1. The van der Waals surface area contributed by atoms with Crippen LogP contribution >= 0.6 is 11.6 Å². The van der Waals surface area contributed by atoms with Crippen LogP contribution in [0.25, 0.3) is 0 Å². The fourth-order valence-electron chi connectivity index (χ4n) is 2.19. The average molecular weight is 255 g/mol. The van der Waals surface area contributed by atoms with Crippen molar-refractivity contribution in [2.75, 3.05) is 26.7 Å². The lowest BCUT2D eigenvalue weighted by molar-refractivity contribution is 0.0994. The number of hydrogen-bond donors (Lipinski definition) is 1. The van der Waals surface area contributed by atoms with E-state index in [1.807, 2.05) is 6.07 Å². The number of nitrogens with zero attached hydrogens (tertiary/aromatic N) is 2. The second-order valence-electron chi connectivity index (χ2n) is 4.80. The molecule has 1 atom stereocenters. The first-order chi connectivity index (χ1) is 8.08. The van der Waals surface area contributed by atoms with Gasteiger partial charge in [0.15, 0.2) is 0 Å². The van der Waals surface area contributed by atoms with Crippen LogP contribution in [0.3, 0.4) is 0 Å². The second kappa shape index (κ2) is 5.25. The summed E-state index contributed by atoms with van der Waals surface area (Å²) in [4.78, 5) is 4.69. The van der Waals surface area contributed by atoms with E-state index in [2.05, 4.69) is 23.8 Å². The van der Waals surface area contributed by atoms with Crippen molar-refractivity contribution in [3.8, 4) is 5.75 Å². The molecule has 1 heterocycles. The Bertz CT molecular complexity index is 377. The number of phenols is 1. The Labute approximate surface area is 108 Å². The van der Waals surface area contributed by atoms with Crippen LogP contribution < -0.4 is 0 Å². The molecule has 4 heteroatoms. The van der Waals surface area contributed by atoms with Crippen LogP contribution in [0, 0.1) is 0 Å². The molecule has 94 valence electrons. The minimum atomic E-state index is 0.295. The molecule has 17 heavy (non-hydrogen) atoms. The summed E-state index contributed by atoms with van der Waals surface area (Å²) in [6, 6.07) is 5.85. The van der Waals surface area contributed by atoms with Gasteiger partial charge in [0.25, 0.3) is 0 Å². The van der Waals surface area contributed by atoms with E-state index in [1.165, 1.54) is 0 Å². The lowest BCUT2D eigenvalue weighted by atomic mass is 10.1. The zero-order valence-electron chi connectivity index (χ0n) is 10.4. The van der Waals surface area contributed by atoms with Gasteiger partial charge in [-0.15, -0.1) is 0 Å². The summed E-state index contributed by atoms with van der Waals surface area (Å²) in [5.41, 5.74) is 0.839. The van der Waals surface area contributed by atoms with Crippen LogP contribution in [0.2, 0.25) is 5.02 Å². The Morgan fingerprint density at radius 3 is 2.82 bits per heavy atom. The van der Waals surface area contributed by atoms with Gasteiger partial charge in [0, 0.05) is 42.8 Å². The largest absolute Gasteiger partial charge is 0.508 e. The van der Waals surface area contributed by atoms with Gasteiger partial charge in [-0.25, -0.2) is 0 Å². The first-order valence-electron chi connectivity index (χ1n) is 5.97. The highest BCUT2D eigenvalue weighted by Crippen LogP contribution is 2.27. The summed E-state index contributed by atoms with van der Waals surface area (Å²) < 4.78 is 0. The molecule has 0 aliphatic carbocycles. The van der Waals surface area contributed by atoms with Gasteiger partial charge in [-0.3, -0.25) is 4.90 Å². The summed E-state index contributed by atoms with van der Waals surface area (Å²) in [5.74, 6) is 0.295. The molecule has 0 radical (unpaired) electrons. The molecule has 1 saturated heterocycles. The third kappa shape index (κ3) is 2.92. The predicted molar refractivity (Wildman–Crippen MR) is 70.5 cm³/mol. The van der Waals surface area contributed by atoms with E-state index in [0.717, 1.165) is 31.7 Å². The van der Waals surface area contributed by atoms with Gasteiger partial charge in [-0.2, -0.15) is 0 Å². The first-order valence-corrected chi connectivity index (χ1v) is 6.34. The van der Waals surface area contributed by atoms with Crippen molar-refractivity contribution in [2.24, 2.45) is 0 Å². The van der Waals surface area contributed by atoms with Gasteiger partial charge in [0.2, 0.25) is 0 Å². The van der Waals surface area contributed by atoms with E-state index in [4.69, 9.17) is 11.6 Å². The topological polar surface area (TPSA) is 26.7 Å². The lowest BCUT2D eigenvalue weighted by Crippen LogP contribution is -2.49. The maximum absolute atomic E-state index is 9.82. The Morgan fingerprint density at radius 1 is 1.41 bits per heavy atom. The number of benzene rings is 1. The van der Waals surface area contributed by atoms with E-state index in [9.17, 15) is 5.11 Å². The average Bonchev–Trinajstić information content (AvgIpc) is 2.28. The first kappa shape index (κ1) is 12.7. The van der Waals surface area contributed by atoms with Crippen LogP contribution in [0.1, 0.15) is 12.5 Å². The monoisotopic (exact) mass is 254 g/mol. The van der Waals surface area contributed by atoms with Gasteiger partial charge in [0.1, 0.15) is 5.75 Å². The van der Waals surface area contributed by atoms with Crippen LogP contribution in [0.5, 0.6) is 5.75 Å². The van der Waals surface area contributed by atoms with E-state index >= 15 is 0 Å². The third-order valence-corrected chi connectivity index (χ3v) is 3.87. The maximum atomic E-state index is 9.82. The fraction of sp³-hybridized carbons (Fsp3) is 0.538. The Balaban J connectivity index is 2.06.